The molecule has 1 aromatic heterocycles. The van der Waals surface area contributed by atoms with Crippen LogP contribution in [-0.2, 0) is 10.0 Å². The van der Waals surface area contributed by atoms with Gasteiger partial charge in [0.05, 0.1) is 4.92 Å². The molecule has 8 nitrogen and oxygen atoms in total. The molecule has 21 heavy (non-hydrogen) atoms. The third-order valence-electron chi connectivity index (χ3n) is 3.39. The van der Waals surface area contributed by atoms with Crippen LogP contribution in [-0.4, -0.2) is 62.8 Å². The standard InChI is InChI=1S/C11H18N4O4S2/c1-12-11-9(15(16)17)8-10(20-11)21(18,19)14-5-3-4-13(2)6-7-14/h8,12H,3-7H2,1-2H3. The first-order valence-corrected chi connectivity index (χ1v) is 8.76. The summed E-state index contributed by atoms with van der Waals surface area (Å²) in [5, 5.41) is 13.9. The fourth-order valence-corrected chi connectivity index (χ4v) is 5.10. The average molecular weight is 334 g/mol. The van der Waals surface area contributed by atoms with Gasteiger partial charge >= 0.3 is 5.69 Å². The van der Waals surface area contributed by atoms with Crippen LogP contribution in [0.1, 0.15) is 6.42 Å². The Labute approximate surface area is 127 Å². The summed E-state index contributed by atoms with van der Waals surface area (Å²) in [5.41, 5.74) is -0.201. The van der Waals surface area contributed by atoms with Crippen LogP contribution in [0.5, 0.6) is 0 Å². The minimum absolute atomic E-state index is 0.0168. The molecule has 0 spiro atoms. The maximum Gasteiger partial charge on any atom is 0.304 e. The fraction of sp³-hybridized carbons (Fsp3) is 0.636. The quantitative estimate of drug-likeness (QED) is 0.652. The minimum Gasteiger partial charge on any atom is -0.374 e. The summed E-state index contributed by atoms with van der Waals surface area (Å²) in [5.74, 6) is 0. The summed E-state index contributed by atoms with van der Waals surface area (Å²) >= 11 is 0.900. The van der Waals surface area contributed by atoms with Gasteiger partial charge in [-0.3, -0.25) is 10.1 Å². The van der Waals surface area contributed by atoms with Gasteiger partial charge < -0.3 is 10.2 Å². The molecule has 2 heterocycles. The zero-order valence-electron chi connectivity index (χ0n) is 11.9. The van der Waals surface area contributed by atoms with Crippen LogP contribution in [0, 0.1) is 10.1 Å². The molecule has 1 aliphatic rings. The van der Waals surface area contributed by atoms with E-state index in [4.69, 9.17) is 0 Å². The summed E-state index contributed by atoms with van der Waals surface area (Å²) in [6.07, 6.45) is 0.752. The topological polar surface area (TPSA) is 95.8 Å². The SMILES string of the molecule is CNc1sc(S(=O)(=O)N2CCCN(C)CC2)cc1[N+](=O)[O-]. The van der Waals surface area contributed by atoms with Gasteiger partial charge in [-0.1, -0.05) is 11.3 Å². The Hall–Kier alpha value is -1.23. The fourth-order valence-electron chi connectivity index (χ4n) is 2.19. The van der Waals surface area contributed by atoms with E-state index in [9.17, 15) is 18.5 Å². The smallest absolute Gasteiger partial charge is 0.304 e. The Balaban J connectivity index is 2.33. The number of nitrogens with zero attached hydrogens (tertiary/aromatic N) is 3. The van der Waals surface area contributed by atoms with E-state index in [0.29, 0.717) is 19.6 Å². The molecule has 1 fully saturated rings. The molecule has 118 valence electrons. The summed E-state index contributed by atoms with van der Waals surface area (Å²) in [6, 6.07) is 1.14. The van der Waals surface area contributed by atoms with E-state index >= 15 is 0 Å². The zero-order valence-corrected chi connectivity index (χ0v) is 13.5. The summed E-state index contributed by atoms with van der Waals surface area (Å²) in [6.45, 7) is 2.34. The first-order valence-electron chi connectivity index (χ1n) is 6.51. The average Bonchev–Trinajstić information content (AvgIpc) is 2.76. The predicted molar refractivity (Wildman–Crippen MR) is 81.4 cm³/mol. The summed E-state index contributed by atoms with van der Waals surface area (Å²) < 4.78 is 26.7. The van der Waals surface area contributed by atoms with E-state index in [1.54, 1.807) is 0 Å². The molecule has 1 aromatic rings. The maximum atomic E-state index is 12.6. The highest BCUT2D eigenvalue weighted by Crippen LogP contribution is 2.37. The van der Waals surface area contributed by atoms with Crippen LogP contribution >= 0.6 is 11.3 Å². The van der Waals surface area contributed by atoms with Crippen molar-refractivity contribution >= 4 is 32.0 Å². The van der Waals surface area contributed by atoms with Gasteiger partial charge in [0.25, 0.3) is 10.0 Å². The molecule has 0 aliphatic carbocycles. The number of rotatable bonds is 4. The van der Waals surface area contributed by atoms with Crippen molar-refractivity contribution in [1.29, 1.82) is 0 Å². The second kappa shape index (κ2) is 6.26. The highest BCUT2D eigenvalue weighted by Gasteiger charge is 2.31. The monoisotopic (exact) mass is 334 g/mol. The van der Waals surface area contributed by atoms with Gasteiger partial charge in [0, 0.05) is 32.7 Å². The highest BCUT2D eigenvalue weighted by atomic mass is 32.2. The van der Waals surface area contributed by atoms with Crippen molar-refractivity contribution in [3.05, 3.63) is 16.2 Å². The second-order valence-electron chi connectivity index (χ2n) is 4.85. The van der Waals surface area contributed by atoms with Crippen molar-refractivity contribution in [2.24, 2.45) is 0 Å². The number of thiophene rings is 1. The largest absolute Gasteiger partial charge is 0.374 e. The Morgan fingerprint density at radius 1 is 1.33 bits per heavy atom. The highest BCUT2D eigenvalue weighted by molar-refractivity contribution is 7.91. The third kappa shape index (κ3) is 3.34. The Kier molecular flexibility index (Phi) is 4.81. The Morgan fingerprint density at radius 2 is 2.05 bits per heavy atom. The number of hydrogen-bond acceptors (Lipinski definition) is 7. The lowest BCUT2D eigenvalue weighted by Gasteiger charge is -2.18. The van der Waals surface area contributed by atoms with Gasteiger partial charge in [-0.05, 0) is 20.0 Å². The van der Waals surface area contributed by atoms with Crippen molar-refractivity contribution in [2.75, 3.05) is 45.6 Å². The van der Waals surface area contributed by atoms with Gasteiger partial charge in [-0.15, -0.1) is 0 Å². The predicted octanol–water partition coefficient (Wildman–Crippen LogP) is 1.02. The zero-order chi connectivity index (χ0) is 15.6. The van der Waals surface area contributed by atoms with E-state index in [0.717, 1.165) is 30.4 Å². The molecular formula is C11H18N4O4S2. The number of nitrogens with one attached hydrogen (secondary N) is 1. The molecule has 1 saturated heterocycles. The molecule has 0 bridgehead atoms. The molecule has 1 N–H and O–H groups in total. The van der Waals surface area contributed by atoms with Crippen molar-refractivity contribution in [1.82, 2.24) is 9.21 Å². The molecule has 0 radical (unpaired) electrons. The van der Waals surface area contributed by atoms with Crippen LogP contribution in [0.15, 0.2) is 10.3 Å². The van der Waals surface area contributed by atoms with Gasteiger partial charge in [-0.2, -0.15) is 4.31 Å². The van der Waals surface area contributed by atoms with Gasteiger partial charge in [0.15, 0.2) is 5.00 Å². The van der Waals surface area contributed by atoms with E-state index in [1.807, 2.05) is 7.05 Å². The first-order chi connectivity index (χ1) is 9.86. The molecule has 0 amide bonds. The molecule has 0 aromatic carbocycles. The van der Waals surface area contributed by atoms with E-state index in [1.165, 1.54) is 11.4 Å². The van der Waals surface area contributed by atoms with Crippen molar-refractivity contribution in [3.8, 4) is 0 Å². The van der Waals surface area contributed by atoms with Gasteiger partial charge in [0.1, 0.15) is 4.21 Å². The number of nitro groups is 1. The Bertz CT molecular complexity index is 628. The first kappa shape index (κ1) is 16.1. The third-order valence-corrected chi connectivity index (χ3v) is 6.88. The van der Waals surface area contributed by atoms with Crippen LogP contribution in [0.25, 0.3) is 0 Å². The molecule has 0 atom stereocenters. The molecule has 2 rings (SSSR count). The van der Waals surface area contributed by atoms with Gasteiger partial charge in [0.2, 0.25) is 0 Å². The second-order valence-corrected chi connectivity index (χ2v) is 8.06. The maximum absolute atomic E-state index is 12.6. The van der Waals surface area contributed by atoms with Crippen molar-refractivity contribution in [3.63, 3.8) is 0 Å². The normalized spacial score (nSPS) is 18.4. The number of sulfonamides is 1. The van der Waals surface area contributed by atoms with E-state index in [2.05, 4.69) is 10.2 Å². The van der Waals surface area contributed by atoms with E-state index in [-0.39, 0.29) is 14.9 Å². The molecule has 1 aliphatic heterocycles. The molecule has 0 unspecified atom stereocenters. The van der Waals surface area contributed by atoms with E-state index < -0.39 is 14.9 Å². The number of likely N-dealkylation sites (N-methyl/N-ethyl adjacent to an activating group) is 1. The van der Waals surface area contributed by atoms with Crippen molar-refractivity contribution in [2.45, 2.75) is 10.6 Å². The lowest BCUT2D eigenvalue weighted by molar-refractivity contribution is -0.383. The number of hydrogen-bond donors (Lipinski definition) is 1. The summed E-state index contributed by atoms with van der Waals surface area (Å²) in [7, 11) is -0.186. The van der Waals surface area contributed by atoms with Gasteiger partial charge in [-0.25, -0.2) is 8.42 Å². The van der Waals surface area contributed by atoms with Crippen LogP contribution in [0.2, 0.25) is 0 Å². The lowest BCUT2D eigenvalue weighted by Crippen LogP contribution is -2.34. The Morgan fingerprint density at radius 3 is 2.62 bits per heavy atom. The van der Waals surface area contributed by atoms with Crippen molar-refractivity contribution < 1.29 is 13.3 Å². The molecule has 10 heteroatoms. The van der Waals surface area contributed by atoms with Crippen LogP contribution in [0.4, 0.5) is 10.7 Å². The molecular weight excluding hydrogens is 316 g/mol. The minimum atomic E-state index is -3.67. The van der Waals surface area contributed by atoms with Crippen LogP contribution < -0.4 is 5.32 Å². The molecule has 0 saturated carbocycles. The summed E-state index contributed by atoms with van der Waals surface area (Å²) in [4.78, 5) is 12.5. The number of anilines is 1. The van der Waals surface area contributed by atoms with Crippen LogP contribution in [0.3, 0.4) is 0 Å². The lowest BCUT2D eigenvalue weighted by atomic mass is 10.4.